The zero-order valence-electron chi connectivity index (χ0n) is 11.4. The highest BCUT2D eigenvalue weighted by atomic mass is 16.5. The first-order chi connectivity index (χ1) is 9.15. The summed E-state index contributed by atoms with van der Waals surface area (Å²) in [6.07, 6.45) is 1.78. The average Bonchev–Trinajstić information content (AvgIpc) is 2.46. The number of benzene rings is 1. The SMILES string of the molecule is COc1ccc(N(C)c2ncc(CN)c(C)n2)cc1. The maximum absolute atomic E-state index is 5.61. The van der Waals surface area contributed by atoms with Crippen molar-refractivity contribution in [2.75, 3.05) is 19.1 Å². The van der Waals surface area contributed by atoms with Crippen LogP contribution >= 0.6 is 0 Å². The molecule has 0 fully saturated rings. The van der Waals surface area contributed by atoms with Crippen molar-refractivity contribution >= 4 is 11.6 Å². The molecule has 0 aliphatic heterocycles. The molecule has 100 valence electrons. The van der Waals surface area contributed by atoms with E-state index in [9.17, 15) is 0 Å². The van der Waals surface area contributed by atoms with Crippen molar-refractivity contribution < 1.29 is 4.74 Å². The van der Waals surface area contributed by atoms with Gasteiger partial charge in [0.2, 0.25) is 5.95 Å². The van der Waals surface area contributed by atoms with Crippen LogP contribution in [-0.4, -0.2) is 24.1 Å². The van der Waals surface area contributed by atoms with Crippen molar-refractivity contribution in [3.63, 3.8) is 0 Å². The minimum Gasteiger partial charge on any atom is -0.497 e. The molecule has 5 heteroatoms. The lowest BCUT2D eigenvalue weighted by Gasteiger charge is -2.18. The molecule has 19 heavy (non-hydrogen) atoms. The fraction of sp³-hybridized carbons (Fsp3) is 0.286. The van der Waals surface area contributed by atoms with Gasteiger partial charge in [0.05, 0.1) is 7.11 Å². The van der Waals surface area contributed by atoms with Crippen molar-refractivity contribution in [1.29, 1.82) is 0 Å². The molecule has 0 spiro atoms. The van der Waals surface area contributed by atoms with E-state index in [1.54, 1.807) is 13.3 Å². The van der Waals surface area contributed by atoms with E-state index in [0.717, 1.165) is 22.7 Å². The van der Waals surface area contributed by atoms with Crippen LogP contribution in [-0.2, 0) is 6.54 Å². The highest BCUT2D eigenvalue weighted by molar-refractivity contribution is 5.57. The molecule has 0 aliphatic carbocycles. The van der Waals surface area contributed by atoms with Crippen molar-refractivity contribution in [2.45, 2.75) is 13.5 Å². The van der Waals surface area contributed by atoms with Gasteiger partial charge in [0, 0.05) is 36.7 Å². The van der Waals surface area contributed by atoms with Gasteiger partial charge < -0.3 is 15.4 Å². The van der Waals surface area contributed by atoms with Gasteiger partial charge in [0.25, 0.3) is 0 Å². The summed E-state index contributed by atoms with van der Waals surface area (Å²) in [6, 6.07) is 7.75. The van der Waals surface area contributed by atoms with Gasteiger partial charge in [-0.25, -0.2) is 9.97 Å². The van der Waals surface area contributed by atoms with Crippen LogP contribution < -0.4 is 15.4 Å². The standard InChI is InChI=1S/C14H18N4O/c1-10-11(8-15)9-16-14(17-10)18(2)12-4-6-13(19-3)7-5-12/h4-7,9H,8,15H2,1-3H3. The Morgan fingerprint density at radius 3 is 2.47 bits per heavy atom. The molecule has 1 aromatic heterocycles. The normalized spacial score (nSPS) is 10.3. The van der Waals surface area contributed by atoms with Gasteiger partial charge in [-0.2, -0.15) is 0 Å². The van der Waals surface area contributed by atoms with Gasteiger partial charge in [0.15, 0.2) is 0 Å². The van der Waals surface area contributed by atoms with Crippen LogP contribution in [0.15, 0.2) is 30.5 Å². The Bertz CT molecular complexity index is 554. The number of hydrogen-bond acceptors (Lipinski definition) is 5. The van der Waals surface area contributed by atoms with Gasteiger partial charge in [-0.1, -0.05) is 0 Å². The molecule has 0 unspecified atom stereocenters. The van der Waals surface area contributed by atoms with E-state index in [0.29, 0.717) is 12.5 Å². The Morgan fingerprint density at radius 2 is 1.95 bits per heavy atom. The third kappa shape index (κ3) is 2.82. The van der Waals surface area contributed by atoms with E-state index in [1.807, 2.05) is 43.1 Å². The number of nitrogens with two attached hydrogens (primary N) is 1. The monoisotopic (exact) mass is 258 g/mol. The smallest absolute Gasteiger partial charge is 0.229 e. The summed E-state index contributed by atoms with van der Waals surface area (Å²) in [4.78, 5) is 10.7. The van der Waals surface area contributed by atoms with Crippen molar-refractivity contribution in [3.05, 3.63) is 41.7 Å². The number of rotatable bonds is 4. The van der Waals surface area contributed by atoms with Crippen molar-refractivity contribution in [2.24, 2.45) is 5.73 Å². The third-order valence-corrected chi connectivity index (χ3v) is 3.05. The first-order valence-corrected chi connectivity index (χ1v) is 6.06. The predicted octanol–water partition coefficient (Wildman–Crippen LogP) is 2.02. The summed E-state index contributed by atoms with van der Waals surface area (Å²) in [5.41, 5.74) is 8.49. The molecular weight excluding hydrogens is 240 g/mol. The fourth-order valence-corrected chi connectivity index (χ4v) is 1.76. The molecule has 0 saturated carbocycles. The maximum atomic E-state index is 5.61. The molecule has 0 aliphatic rings. The van der Waals surface area contributed by atoms with Crippen molar-refractivity contribution in [3.8, 4) is 5.75 Å². The number of aromatic nitrogens is 2. The molecular formula is C14H18N4O. The number of ether oxygens (including phenoxy) is 1. The summed E-state index contributed by atoms with van der Waals surface area (Å²) in [6.45, 7) is 2.40. The number of nitrogens with zero attached hydrogens (tertiary/aromatic N) is 3. The summed E-state index contributed by atoms with van der Waals surface area (Å²) in [5.74, 6) is 1.48. The minimum absolute atomic E-state index is 0.457. The molecule has 5 nitrogen and oxygen atoms in total. The lowest BCUT2D eigenvalue weighted by molar-refractivity contribution is 0.415. The molecule has 1 heterocycles. The summed E-state index contributed by atoms with van der Waals surface area (Å²) >= 11 is 0. The van der Waals surface area contributed by atoms with Crippen molar-refractivity contribution in [1.82, 2.24) is 9.97 Å². The quantitative estimate of drug-likeness (QED) is 0.909. The molecule has 0 radical (unpaired) electrons. The topological polar surface area (TPSA) is 64.3 Å². The van der Waals surface area contributed by atoms with E-state index >= 15 is 0 Å². The molecule has 0 saturated heterocycles. The molecule has 2 rings (SSSR count). The molecule has 0 bridgehead atoms. The highest BCUT2D eigenvalue weighted by Gasteiger charge is 2.09. The lowest BCUT2D eigenvalue weighted by atomic mass is 10.2. The molecule has 0 atom stereocenters. The second-order valence-electron chi connectivity index (χ2n) is 4.24. The highest BCUT2D eigenvalue weighted by Crippen LogP contribution is 2.23. The van der Waals surface area contributed by atoms with E-state index < -0.39 is 0 Å². The third-order valence-electron chi connectivity index (χ3n) is 3.05. The zero-order chi connectivity index (χ0) is 13.8. The van der Waals surface area contributed by atoms with E-state index in [1.165, 1.54) is 0 Å². The Labute approximate surface area is 113 Å². The van der Waals surface area contributed by atoms with Crippen LogP contribution in [0.4, 0.5) is 11.6 Å². The number of aryl methyl sites for hydroxylation is 1. The van der Waals surface area contributed by atoms with Gasteiger partial charge in [-0.15, -0.1) is 0 Å². The molecule has 2 N–H and O–H groups in total. The second kappa shape index (κ2) is 5.67. The Kier molecular flexibility index (Phi) is 3.97. The Morgan fingerprint density at radius 1 is 1.26 bits per heavy atom. The second-order valence-corrected chi connectivity index (χ2v) is 4.24. The number of methoxy groups -OCH3 is 1. The zero-order valence-corrected chi connectivity index (χ0v) is 11.4. The summed E-state index contributed by atoms with van der Waals surface area (Å²) in [7, 11) is 3.58. The largest absolute Gasteiger partial charge is 0.497 e. The van der Waals surface area contributed by atoms with E-state index in [2.05, 4.69) is 9.97 Å². The fourth-order valence-electron chi connectivity index (χ4n) is 1.76. The number of anilines is 2. The first-order valence-electron chi connectivity index (χ1n) is 6.06. The molecule has 0 amide bonds. The molecule has 2 aromatic rings. The van der Waals surface area contributed by atoms with E-state index in [-0.39, 0.29) is 0 Å². The minimum atomic E-state index is 0.457. The predicted molar refractivity (Wildman–Crippen MR) is 75.7 cm³/mol. The van der Waals surface area contributed by atoms with Crippen LogP contribution in [0.1, 0.15) is 11.3 Å². The van der Waals surface area contributed by atoms with Crippen LogP contribution in [0, 0.1) is 6.92 Å². The van der Waals surface area contributed by atoms with Crippen LogP contribution in [0.5, 0.6) is 5.75 Å². The Balaban J connectivity index is 2.27. The van der Waals surface area contributed by atoms with E-state index in [4.69, 9.17) is 10.5 Å². The molecule has 1 aromatic carbocycles. The maximum Gasteiger partial charge on any atom is 0.229 e. The van der Waals surface area contributed by atoms with Crippen LogP contribution in [0.2, 0.25) is 0 Å². The van der Waals surface area contributed by atoms with Gasteiger partial charge >= 0.3 is 0 Å². The summed E-state index contributed by atoms with van der Waals surface area (Å²) < 4.78 is 5.14. The van der Waals surface area contributed by atoms with Gasteiger partial charge in [0.1, 0.15) is 5.75 Å². The Hall–Kier alpha value is -2.14. The first kappa shape index (κ1) is 13.3. The van der Waals surface area contributed by atoms with Gasteiger partial charge in [-0.3, -0.25) is 0 Å². The van der Waals surface area contributed by atoms with Gasteiger partial charge in [-0.05, 0) is 31.2 Å². The summed E-state index contributed by atoms with van der Waals surface area (Å²) in [5, 5.41) is 0. The van der Waals surface area contributed by atoms with Crippen LogP contribution in [0.3, 0.4) is 0 Å². The lowest BCUT2D eigenvalue weighted by Crippen LogP contribution is -2.14. The number of hydrogen-bond donors (Lipinski definition) is 1. The average molecular weight is 258 g/mol. The van der Waals surface area contributed by atoms with Crippen LogP contribution in [0.25, 0.3) is 0 Å².